The molecule has 0 unspecified atom stereocenters. The molecule has 0 saturated heterocycles. The molecule has 2 aromatic rings. The third-order valence-electron chi connectivity index (χ3n) is 2.20. The fourth-order valence-corrected chi connectivity index (χ4v) is 1.72. The van der Waals surface area contributed by atoms with E-state index in [0.29, 0.717) is 4.47 Å². The minimum Gasteiger partial charge on any atom is -0.454 e. The van der Waals surface area contributed by atoms with E-state index < -0.39 is 11.8 Å². The van der Waals surface area contributed by atoms with Gasteiger partial charge < -0.3 is 16.2 Å². The number of rotatable bonds is 3. The molecule has 0 atom stereocenters. The lowest BCUT2D eigenvalue weighted by molar-refractivity contribution is 0.0457. The number of halogens is 2. The van der Waals surface area contributed by atoms with Crippen LogP contribution in [-0.2, 0) is 11.3 Å². The van der Waals surface area contributed by atoms with Crippen LogP contribution in [0.2, 0.25) is 0 Å². The summed E-state index contributed by atoms with van der Waals surface area (Å²) in [6.07, 6.45) is 0. The van der Waals surface area contributed by atoms with Crippen molar-refractivity contribution in [3.05, 3.63) is 39.9 Å². The molecule has 0 radical (unpaired) electrons. The lowest BCUT2D eigenvalue weighted by Gasteiger charge is -2.06. The molecular weight excluding hydrogens is 333 g/mol. The lowest BCUT2D eigenvalue weighted by atomic mass is 10.2. The number of nitrogens with zero attached hydrogens (tertiary/aromatic N) is 3. The molecule has 2 rings (SSSR count). The van der Waals surface area contributed by atoms with Gasteiger partial charge in [0.1, 0.15) is 5.82 Å². The number of hydrogen-bond donors (Lipinski definition) is 2. The lowest BCUT2D eigenvalue weighted by Crippen LogP contribution is -2.12. The van der Waals surface area contributed by atoms with Gasteiger partial charge in [-0.2, -0.15) is 15.0 Å². The maximum absolute atomic E-state index is 13.5. The smallest absolute Gasteiger partial charge is 0.341 e. The van der Waals surface area contributed by atoms with E-state index in [9.17, 15) is 9.18 Å². The van der Waals surface area contributed by atoms with E-state index in [1.807, 2.05) is 0 Å². The SMILES string of the molecule is Nc1nc(N)nc(COC(=O)c2ccc(Br)cc2F)n1. The van der Waals surface area contributed by atoms with Crippen LogP contribution in [0.15, 0.2) is 22.7 Å². The van der Waals surface area contributed by atoms with Gasteiger partial charge in [0.05, 0.1) is 5.56 Å². The number of nitrogens with two attached hydrogens (primary N) is 2. The van der Waals surface area contributed by atoms with Crippen molar-refractivity contribution >= 4 is 33.8 Å². The highest BCUT2D eigenvalue weighted by molar-refractivity contribution is 9.10. The first-order valence-corrected chi connectivity index (χ1v) is 6.13. The van der Waals surface area contributed by atoms with Crippen LogP contribution < -0.4 is 11.5 Å². The molecule has 4 N–H and O–H groups in total. The maximum Gasteiger partial charge on any atom is 0.341 e. The second kappa shape index (κ2) is 5.78. The number of carbonyl (C=O) groups is 1. The van der Waals surface area contributed by atoms with E-state index in [2.05, 4.69) is 30.9 Å². The molecule has 9 heteroatoms. The fourth-order valence-electron chi connectivity index (χ4n) is 1.38. The summed E-state index contributed by atoms with van der Waals surface area (Å²) in [6, 6.07) is 3.99. The predicted octanol–water partition coefficient (Wildman–Crippen LogP) is 1.29. The van der Waals surface area contributed by atoms with E-state index in [4.69, 9.17) is 16.2 Å². The Balaban J connectivity index is 2.08. The van der Waals surface area contributed by atoms with Gasteiger partial charge in [0.2, 0.25) is 11.9 Å². The second-order valence-corrected chi connectivity index (χ2v) is 4.58. The average Bonchev–Trinajstić information content (AvgIpc) is 2.35. The molecule has 20 heavy (non-hydrogen) atoms. The monoisotopic (exact) mass is 341 g/mol. The summed E-state index contributed by atoms with van der Waals surface area (Å²) in [6.45, 7) is -0.286. The molecule has 0 spiro atoms. The Bertz CT molecular complexity index is 647. The number of esters is 1. The van der Waals surface area contributed by atoms with E-state index >= 15 is 0 Å². The highest BCUT2D eigenvalue weighted by Gasteiger charge is 2.14. The van der Waals surface area contributed by atoms with Gasteiger partial charge in [0.15, 0.2) is 12.4 Å². The molecule has 0 bridgehead atoms. The standard InChI is InChI=1S/C11H9BrFN5O2/c12-5-1-2-6(7(13)3-5)9(19)20-4-8-16-10(14)18-11(15)17-8/h1-3H,4H2,(H4,14,15,16,17,18). The topological polar surface area (TPSA) is 117 Å². The Morgan fingerprint density at radius 1 is 1.25 bits per heavy atom. The zero-order valence-electron chi connectivity index (χ0n) is 10.0. The quantitative estimate of drug-likeness (QED) is 0.807. The summed E-state index contributed by atoms with van der Waals surface area (Å²) in [5.41, 5.74) is 10.5. The Kier molecular flexibility index (Phi) is 4.08. The van der Waals surface area contributed by atoms with Crippen molar-refractivity contribution in [2.45, 2.75) is 6.61 Å². The van der Waals surface area contributed by atoms with Crippen LogP contribution in [0.25, 0.3) is 0 Å². The first kappa shape index (κ1) is 14.1. The number of benzene rings is 1. The first-order valence-electron chi connectivity index (χ1n) is 5.34. The minimum atomic E-state index is -0.840. The molecule has 0 amide bonds. The molecule has 7 nitrogen and oxygen atoms in total. The molecule has 0 fully saturated rings. The number of nitrogen functional groups attached to an aromatic ring is 2. The Morgan fingerprint density at radius 2 is 1.90 bits per heavy atom. The van der Waals surface area contributed by atoms with Gasteiger partial charge in [-0.1, -0.05) is 15.9 Å². The summed E-state index contributed by atoms with van der Waals surface area (Å²) in [4.78, 5) is 22.7. The molecule has 0 aliphatic heterocycles. The van der Waals surface area contributed by atoms with Gasteiger partial charge >= 0.3 is 5.97 Å². The molecular formula is C11H9BrFN5O2. The summed E-state index contributed by atoms with van der Waals surface area (Å²) in [7, 11) is 0. The van der Waals surface area contributed by atoms with Crippen molar-refractivity contribution < 1.29 is 13.9 Å². The Labute approximate surface area is 121 Å². The summed E-state index contributed by atoms with van der Waals surface area (Å²) in [5, 5.41) is 0. The molecule has 0 saturated carbocycles. The maximum atomic E-state index is 13.5. The van der Waals surface area contributed by atoms with Gasteiger partial charge in [0.25, 0.3) is 0 Å². The largest absolute Gasteiger partial charge is 0.454 e. The van der Waals surface area contributed by atoms with Crippen molar-refractivity contribution in [1.82, 2.24) is 15.0 Å². The van der Waals surface area contributed by atoms with Gasteiger partial charge in [-0.15, -0.1) is 0 Å². The summed E-state index contributed by atoms with van der Waals surface area (Å²) >= 11 is 3.09. The van der Waals surface area contributed by atoms with E-state index in [1.165, 1.54) is 12.1 Å². The van der Waals surface area contributed by atoms with Crippen LogP contribution in [0.5, 0.6) is 0 Å². The summed E-state index contributed by atoms with van der Waals surface area (Å²) < 4.78 is 18.9. The van der Waals surface area contributed by atoms with Gasteiger partial charge in [-0.05, 0) is 18.2 Å². The first-order chi connectivity index (χ1) is 9.45. The second-order valence-electron chi connectivity index (χ2n) is 3.67. The molecule has 1 heterocycles. The van der Waals surface area contributed by atoms with E-state index in [0.717, 1.165) is 6.07 Å². The molecule has 0 aliphatic rings. The summed E-state index contributed by atoms with van der Waals surface area (Å²) in [5.74, 6) is -1.62. The predicted molar refractivity (Wildman–Crippen MR) is 71.9 cm³/mol. The highest BCUT2D eigenvalue weighted by atomic mass is 79.9. The zero-order chi connectivity index (χ0) is 14.7. The van der Waals surface area contributed by atoms with Crippen LogP contribution in [0.3, 0.4) is 0 Å². The zero-order valence-corrected chi connectivity index (χ0v) is 11.6. The Morgan fingerprint density at radius 3 is 2.50 bits per heavy atom. The van der Waals surface area contributed by atoms with Crippen LogP contribution >= 0.6 is 15.9 Å². The molecule has 1 aromatic carbocycles. The van der Waals surface area contributed by atoms with Gasteiger partial charge in [-0.25, -0.2) is 9.18 Å². The van der Waals surface area contributed by atoms with Gasteiger partial charge in [0, 0.05) is 4.47 Å². The number of carbonyl (C=O) groups excluding carboxylic acids is 1. The van der Waals surface area contributed by atoms with Crippen molar-refractivity contribution in [3.63, 3.8) is 0 Å². The molecule has 1 aromatic heterocycles. The van der Waals surface area contributed by atoms with Gasteiger partial charge in [-0.3, -0.25) is 0 Å². The minimum absolute atomic E-state index is 0.0841. The van der Waals surface area contributed by atoms with Crippen LogP contribution in [-0.4, -0.2) is 20.9 Å². The number of anilines is 2. The Hall–Kier alpha value is -2.29. The average molecular weight is 342 g/mol. The number of ether oxygens (including phenoxy) is 1. The van der Waals surface area contributed by atoms with Crippen molar-refractivity contribution in [1.29, 1.82) is 0 Å². The fraction of sp³-hybridized carbons (Fsp3) is 0.0909. The third kappa shape index (κ3) is 3.38. The normalized spacial score (nSPS) is 10.3. The van der Waals surface area contributed by atoms with Crippen molar-refractivity contribution in [2.24, 2.45) is 0 Å². The molecule has 0 aliphatic carbocycles. The molecule has 104 valence electrons. The van der Waals surface area contributed by atoms with E-state index in [-0.39, 0.29) is 29.9 Å². The highest BCUT2D eigenvalue weighted by Crippen LogP contribution is 2.16. The van der Waals surface area contributed by atoms with Crippen LogP contribution in [0.1, 0.15) is 16.2 Å². The number of aromatic nitrogens is 3. The third-order valence-corrected chi connectivity index (χ3v) is 2.69. The van der Waals surface area contributed by atoms with Crippen LogP contribution in [0.4, 0.5) is 16.3 Å². The van der Waals surface area contributed by atoms with Crippen LogP contribution in [0, 0.1) is 5.82 Å². The number of hydrogen-bond acceptors (Lipinski definition) is 7. The van der Waals surface area contributed by atoms with E-state index in [1.54, 1.807) is 0 Å². The van der Waals surface area contributed by atoms with Crippen molar-refractivity contribution in [2.75, 3.05) is 11.5 Å². The van der Waals surface area contributed by atoms with Crippen molar-refractivity contribution in [3.8, 4) is 0 Å².